The van der Waals surface area contributed by atoms with E-state index >= 15 is 0 Å². The highest BCUT2D eigenvalue weighted by Gasteiger charge is 2.19. The summed E-state index contributed by atoms with van der Waals surface area (Å²) >= 11 is 0. The third-order valence-electron chi connectivity index (χ3n) is 6.99. The van der Waals surface area contributed by atoms with Crippen molar-refractivity contribution in [3.8, 4) is 28.7 Å². The summed E-state index contributed by atoms with van der Waals surface area (Å²) in [6.07, 6.45) is 2.06. The van der Waals surface area contributed by atoms with Crippen LogP contribution in [0.25, 0.3) is 67.2 Å². The summed E-state index contributed by atoms with van der Waals surface area (Å²) in [6, 6.07) is 38.9. The van der Waals surface area contributed by atoms with Crippen LogP contribution in [0.15, 0.2) is 121 Å². The molecular weight excluding hydrogens is 468 g/mol. The van der Waals surface area contributed by atoms with Crippen molar-refractivity contribution in [2.75, 3.05) is 0 Å². The molecule has 0 unspecified atom stereocenters. The molecule has 0 saturated heterocycles. The number of rotatable bonds is 3. The van der Waals surface area contributed by atoms with Crippen molar-refractivity contribution in [1.29, 1.82) is 0 Å². The standard InChI is InChI=1S/C32H20N6/c1-3-11-21(12-4-1)30-34-31(22-13-5-2-6-14-22)36-32(35-30)38-26-16-8-7-15-23(26)24-19-28-25(20-27(24)38)33-29-17-9-10-18-37(28)29/h1-20H. The zero-order chi connectivity index (χ0) is 25.1. The maximum absolute atomic E-state index is 5.01. The zero-order valence-electron chi connectivity index (χ0n) is 20.2. The lowest BCUT2D eigenvalue weighted by Gasteiger charge is -2.10. The molecule has 0 amide bonds. The van der Waals surface area contributed by atoms with Crippen LogP contribution in [0, 0.1) is 0 Å². The van der Waals surface area contributed by atoms with Gasteiger partial charge in [-0.3, -0.25) is 8.97 Å². The summed E-state index contributed by atoms with van der Waals surface area (Å²) in [5.74, 6) is 1.84. The van der Waals surface area contributed by atoms with Crippen molar-refractivity contribution < 1.29 is 0 Å². The number of imidazole rings is 1. The fraction of sp³-hybridized carbons (Fsp3) is 0. The largest absolute Gasteiger partial charge is 0.300 e. The second kappa shape index (κ2) is 8.08. The number of pyridine rings is 1. The van der Waals surface area contributed by atoms with Crippen LogP contribution in [0.3, 0.4) is 0 Å². The van der Waals surface area contributed by atoms with E-state index in [1.54, 1.807) is 0 Å². The third kappa shape index (κ3) is 3.14. The van der Waals surface area contributed by atoms with Crippen LogP contribution in [0.4, 0.5) is 0 Å². The summed E-state index contributed by atoms with van der Waals surface area (Å²) in [6.45, 7) is 0. The van der Waals surface area contributed by atoms with Gasteiger partial charge in [0.25, 0.3) is 0 Å². The van der Waals surface area contributed by atoms with E-state index in [0.29, 0.717) is 17.6 Å². The van der Waals surface area contributed by atoms with Crippen molar-refractivity contribution >= 4 is 38.5 Å². The Morgan fingerprint density at radius 2 is 1.13 bits per heavy atom. The number of nitrogens with zero attached hydrogens (tertiary/aromatic N) is 6. The van der Waals surface area contributed by atoms with Gasteiger partial charge in [0.05, 0.1) is 22.1 Å². The summed E-state index contributed by atoms with van der Waals surface area (Å²) in [5.41, 5.74) is 6.84. The van der Waals surface area contributed by atoms with Crippen LogP contribution in [0.5, 0.6) is 0 Å². The molecule has 0 fully saturated rings. The molecule has 0 saturated carbocycles. The minimum atomic E-state index is 0.576. The van der Waals surface area contributed by atoms with Crippen molar-refractivity contribution in [3.63, 3.8) is 0 Å². The van der Waals surface area contributed by atoms with Gasteiger partial charge in [-0.1, -0.05) is 84.9 Å². The third-order valence-corrected chi connectivity index (χ3v) is 6.99. The van der Waals surface area contributed by atoms with Crippen LogP contribution in [0.2, 0.25) is 0 Å². The highest BCUT2D eigenvalue weighted by molar-refractivity contribution is 6.13. The first-order valence-electron chi connectivity index (χ1n) is 12.5. The van der Waals surface area contributed by atoms with E-state index in [9.17, 15) is 0 Å². The molecule has 0 radical (unpaired) electrons. The summed E-state index contributed by atoms with van der Waals surface area (Å²) in [5, 5.41) is 2.26. The van der Waals surface area contributed by atoms with Gasteiger partial charge in [0.15, 0.2) is 11.6 Å². The molecule has 4 aromatic carbocycles. The molecule has 0 aliphatic carbocycles. The zero-order valence-corrected chi connectivity index (χ0v) is 20.2. The molecule has 6 heteroatoms. The topological polar surface area (TPSA) is 60.9 Å². The van der Waals surface area contributed by atoms with Gasteiger partial charge in [0.1, 0.15) is 5.65 Å². The maximum atomic E-state index is 5.01. The molecule has 0 aliphatic rings. The van der Waals surface area contributed by atoms with Crippen molar-refractivity contribution in [1.82, 2.24) is 28.9 Å². The van der Waals surface area contributed by atoms with E-state index in [-0.39, 0.29) is 0 Å². The molecule has 8 aromatic rings. The van der Waals surface area contributed by atoms with Crippen molar-refractivity contribution in [2.24, 2.45) is 0 Å². The summed E-state index contributed by atoms with van der Waals surface area (Å²) < 4.78 is 4.26. The lowest BCUT2D eigenvalue weighted by molar-refractivity contribution is 0.954. The molecule has 0 N–H and O–H groups in total. The predicted octanol–water partition coefficient (Wildman–Crippen LogP) is 7.10. The molecule has 38 heavy (non-hydrogen) atoms. The second-order valence-corrected chi connectivity index (χ2v) is 9.27. The molecular formula is C32H20N6. The molecule has 4 heterocycles. The van der Waals surface area contributed by atoms with Crippen LogP contribution in [-0.2, 0) is 0 Å². The van der Waals surface area contributed by atoms with Crippen LogP contribution in [-0.4, -0.2) is 28.9 Å². The van der Waals surface area contributed by atoms with Gasteiger partial charge >= 0.3 is 0 Å². The first-order chi connectivity index (χ1) is 18.8. The van der Waals surface area contributed by atoms with Gasteiger partial charge < -0.3 is 0 Å². The van der Waals surface area contributed by atoms with Gasteiger partial charge in [-0.2, -0.15) is 9.97 Å². The number of hydrogen-bond donors (Lipinski definition) is 0. The van der Waals surface area contributed by atoms with Crippen LogP contribution < -0.4 is 0 Å². The van der Waals surface area contributed by atoms with Crippen LogP contribution in [0.1, 0.15) is 0 Å². The molecule has 4 aromatic heterocycles. The number of benzene rings is 4. The number of para-hydroxylation sites is 1. The second-order valence-electron chi connectivity index (χ2n) is 9.27. The lowest BCUT2D eigenvalue weighted by atomic mass is 10.1. The van der Waals surface area contributed by atoms with Gasteiger partial charge in [-0.25, -0.2) is 9.97 Å². The SMILES string of the molecule is c1ccc(-c2nc(-c3ccccc3)nc(-n3c4ccccc4c4cc5c(cc43)nc3ccccn35)n2)cc1. The number of hydrogen-bond acceptors (Lipinski definition) is 4. The Hall–Kier alpha value is -5.36. The summed E-state index contributed by atoms with van der Waals surface area (Å²) in [7, 11) is 0. The molecule has 0 spiro atoms. The number of fused-ring (bicyclic) bond motifs is 6. The van der Waals surface area contributed by atoms with E-state index in [0.717, 1.165) is 49.6 Å². The van der Waals surface area contributed by atoms with E-state index in [1.807, 2.05) is 78.9 Å². The van der Waals surface area contributed by atoms with Gasteiger partial charge in [0, 0.05) is 28.1 Å². The molecule has 8 rings (SSSR count). The van der Waals surface area contributed by atoms with Crippen molar-refractivity contribution in [3.05, 3.63) is 121 Å². The Morgan fingerprint density at radius 3 is 1.87 bits per heavy atom. The Labute approximate surface area is 217 Å². The summed E-state index contributed by atoms with van der Waals surface area (Å²) in [4.78, 5) is 19.8. The van der Waals surface area contributed by atoms with E-state index < -0.39 is 0 Å². The molecule has 0 aliphatic heterocycles. The normalized spacial score (nSPS) is 11.7. The maximum Gasteiger partial charge on any atom is 0.238 e. The average molecular weight is 489 g/mol. The predicted molar refractivity (Wildman–Crippen MR) is 151 cm³/mol. The Balaban J connectivity index is 1.48. The average Bonchev–Trinajstić information content (AvgIpc) is 3.51. The highest BCUT2D eigenvalue weighted by atomic mass is 15.2. The molecule has 178 valence electrons. The minimum absolute atomic E-state index is 0.576. The first-order valence-corrected chi connectivity index (χ1v) is 12.5. The van der Waals surface area contributed by atoms with Crippen molar-refractivity contribution in [2.45, 2.75) is 0 Å². The van der Waals surface area contributed by atoms with Crippen LogP contribution >= 0.6 is 0 Å². The van der Waals surface area contributed by atoms with Gasteiger partial charge in [0.2, 0.25) is 5.95 Å². The van der Waals surface area contributed by atoms with E-state index in [1.165, 1.54) is 0 Å². The number of aromatic nitrogens is 6. The molecule has 0 atom stereocenters. The Morgan fingerprint density at radius 1 is 0.474 bits per heavy atom. The fourth-order valence-electron chi connectivity index (χ4n) is 5.24. The molecule has 6 nitrogen and oxygen atoms in total. The van der Waals surface area contributed by atoms with E-state index in [4.69, 9.17) is 19.9 Å². The monoisotopic (exact) mass is 488 g/mol. The molecule has 0 bridgehead atoms. The quantitative estimate of drug-likeness (QED) is 0.266. The van der Waals surface area contributed by atoms with E-state index in [2.05, 4.69) is 51.6 Å². The lowest BCUT2D eigenvalue weighted by Crippen LogP contribution is -2.06. The van der Waals surface area contributed by atoms with Gasteiger partial charge in [-0.15, -0.1) is 0 Å². The van der Waals surface area contributed by atoms with Gasteiger partial charge in [-0.05, 0) is 30.3 Å². The minimum Gasteiger partial charge on any atom is -0.300 e. The Kier molecular flexibility index (Phi) is 4.42. The highest BCUT2D eigenvalue weighted by Crippen LogP contribution is 2.35. The smallest absolute Gasteiger partial charge is 0.238 e. The fourth-order valence-corrected chi connectivity index (χ4v) is 5.24. The Bertz CT molecular complexity index is 2070. The first kappa shape index (κ1) is 20.8.